The molecule has 0 aliphatic heterocycles. The summed E-state index contributed by atoms with van der Waals surface area (Å²) >= 11 is 0. The van der Waals surface area contributed by atoms with E-state index in [1.54, 1.807) is 36.4 Å². The second kappa shape index (κ2) is 11.8. The Morgan fingerprint density at radius 2 is 1.85 bits per heavy atom. The van der Waals surface area contributed by atoms with Crippen LogP contribution in [0.25, 0.3) is 0 Å². The van der Waals surface area contributed by atoms with Crippen LogP contribution in [-0.2, 0) is 25.6 Å². The van der Waals surface area contributed by atoms with Gasteiger partial charge < -0.3 is 9.63 Å². The van der Waals surface area contributed by atoms with E-state index >= 15 is 0 Å². The van der Waals surface area contributed by atoms with Crippen molar-refractivity contribution in [3.8, 4) is 11.5 Å². The number of aryl methyl sites for hydroxylation is 1. The van der Waals surface area contributed by atoms with Crippen molar-refractivity contribution in [1.29, 1.82) is 0 Å². The van der Waals surface area contributed by atoms with E-state index in [0.29, 0.717) is 12.2 Å². The normalized spacial score (nSPS) is 13.4. The van der Waals surface area contributed by atoms with Crippen LogP contribution < -0.4 is 4.74 Å². The molecule has 0 saturated carbocycles. The van der Waals surface area contributed by atoms with Crippen molar-refractivity contribution < 1.29 is 36.1 Å². The average molecular weight is 444 g/mol. The standard InChI is InChI=1S/C16H18FO7PS.K.H/c17-14-8-1-2-9-15(14)23-13-7-3-5-12(11-13)6-4-10-16(24-25(18)19)26(20,21)22;;/h1-3,5,7-9,11,16,25H,4,6,10H2,(H,18,19)(H,20,21,22);;. The summed E-state index contributed by atoms with van der Waals surface area (Å²) in [7, 11) is -8.09. The number of hydrogen-bond donors (Lipinski definition) is 2. The van der Waals surface area contributed by atoms with Gasteiger partial charge in [-0.2, -0.15) is 8.42 Å². The number of ether oxygens (including phenoxy) is 1. The molecule has 0 aliphatic rings. The van der Waals surface area contributed by atoms with Gasteiger partial charge in [0.1, 0.15) is 5.75 Å². The van der Waals surface area contributed by atoms with Gasteiger partial charge in [-0.15, -0.1) is 0 Å². The predicted octanol–water partition coefficient (Wildman–Crippen LogP) is 2.90. The van der Waals surface area contributed by atoms with Crippen molar-refractivity contribution in [2.75, 3.05) is 0 Å². The molecule has 2 N–H and O–H groups in total. The summed E-state index contributed by atoms with van der Waals surface area (Å²) in [6, 6.07) is 12.8. The molecular formula is C16H19FKO7PS. The van der Waals surface area contributed by atoms with Crippen molar-refractivity contribution in [2.24, 2.45) is 0 Å². The van der Waals surface area contributed by atoms with Gasteiger partial charge in [0.25, 0.3) is 10.1 Å². The van der Waals surface area contributed by atoms with Crippen LogP contribution in [0.5, 0.6) is 11.5 Å². The molecule has 0 saturated heterocycles. The van der Waals surface area contributed by atoms with Crippen molar-refractivity contribution in [2.45, 2.75) is 24.7 Å². The molecule has 0 spiro atoms. The summed E-state index contributed by atoms with van der Waals surface area (Å²) in [4.78, 5) is 8.70. The first kappa shape index (κ1) is 24.9. The van der Waals surface area contributed by atoms with Gasteiger partial charge in [-0.05, 0) is 49.1 Å². The first-order valence-corrected chi connectivity index (χ1v) is 10.4. The third-order valence-corrected chi connectivity index (χ3v) is 5.09. The van der Waals surface area contributed by atoms with Gasteiger partial charge in [0.05, 0.1) is 0 Å². The van der Waals surface area contributed by atoms with Gasteiger partial charge in [-0.25, -0.2) is 4.39 Å². The Bertz CT molecular complexity index is 879. The van der Waals surface area contributed by atoms with Gasteiger partial charge in [0.2, 0.25) is 0 Å². The summed E-state index contributed by atoms with van der Waals surface area (Å²) in [5.74, 6) is -0.00146. The van der Waals surface area contributed by atoms with Crippen LogP contribution in [-0.4, -0.2) is 74.7 Å². The number of hydrogen-bond acceptors (Lipinski definition) is 5. The Kier molecular flexibility index (Phi) is 10.9. The second-order valence-corrected chi connectivity index (χ2v) is 7.72. The van der Waals surface area contributed by atoms with Crippen LogP contribution in [0.15, 0.2) is 48.5 Å². The van der Waals surface area contributed by atoms with E-state index in [9.17, 15) is 17.4 Å². The molecule has 0 aromatic heterocycles. The number of rotatable bonds is 9. The number of halogens is 1. The van der Waals surface area contributed by atoms with E-state index in [4.69, 9.17) is 14.2 Å². The Morgan fingerprint density at radius 1 is 1.15 bits per heavy atom. The van der Waals surface area contributed by atoms with E-state index in [1.165, 1.54) is 12.1 Å². The second-order valence-electron chi connectivity index (χ2n) is 5.40. The molecule has 27 heavy (non-hydrogen) atoms. The fourth-order valence-electron chi connectivity index (χ4n) is 2.27. The molecule has 2 atom stereocenters. The monoisotopic (exact) mass is 444 g/mol. The fourth-order valence-corrected chi connectivity index (χ4v) is 3.81. The maximum atomic E-state index is 13.6. The van der Waals surface area contributed by atoms with Crippen molar-refractivity contribution in [3.63, 3.8) is 0 Å². The number of para-hydroxylation sites is 1. The molecule has 0 radical (unpaired) electrons. The van der Waals surface area contributed by atoms with Gasteiger partial charge in [-0.3, -0.25) is 13.6 Å². The zero-order valence-corrected chi connectivity index (χ0v) is 15.4. The average Bonchev–Trinajstić information content (AvgIpc) is 2.55. The molecule has 2 rings (SSSR count). The number of benzene rings is 2. The molecule has 144 valence electrons. The van der Waals surface area contributed by atoms with E-state index in [0.717, 1.165) is 5.56 Å². The maximum absolute atomic E-state index is 13.6. The minimum absolute atomic E-state index is 0. The third-order valence-electron chi connectivity index (χ3n) is 3.43. The first-order chi connectivity index (χ1) is 12.3. The molecular weight excluding hydrogens is 425 g/mol. The van der Waals surface area contributed by atoms with Crippen LogP contribution in [0.3, 0.4) is 0 Å². The molecule has 11 heteroatoms. The van der Waals surface area contributed by atoms with Crippen molar-refractivity contribution >= 4 is 69.8 Å². The Balaban J connectivity index is 0.00000364. The topological polar surface area (TPSA) is 110 Å². The van der Waals surface area contributed by atoms with Gasteiger partial charge >= 0.3 is 59.6 Å². The summed E-state index contributed by atoms with van der Waals surface area (Å²) < 4.78 is 65.4. The van der Waals surface area contributed by atoms with Gasteiger partial charge in [-0.1, -0.05) is 24.3 Å². The van der Waals surface area contributed by atoms with E-state index < -0.39 is 29.6 Å². The van der Waals surface area contributed by atoms with Crippen molar-refractivity contribution in [1.82, 2.24) is 0 Å². The molecule has 0 aliphatic carbocycles. The zero-order chi connectivity index (χ0) is 19.2. The Labute approximate surface area is 200 Å². The van der Waals surface area contributed by atoms with Crippen LogP contribution >= 0.6 is 8.25 Å². The first-order valence-electron chi connectivity index (χ1n) is 7.63. The Hall–Kier alpha value is -0.134. The van der Waals surface area contributed by atoms with E-state index in [2.05, 4.69) is 4.52 Å². The van der Waals surface area contributed by atoms with Crippen LogP contribution in [0.1, 0.15) is 18.4 Å². The predicted molar refractivity (Wildman–Crippen MR) is 101 cm³/mol. The molecule has 0 fully saturated rings. The summed E-state index contributed by atoms with van der Waals surface area (Å²) in [5.41, 5.74) is -0.971. The van der Waals surface area contributed by atoms with E-state index in [1.807, 2.05) is 0 Å². The quantitative estimate of drug-likeness (QED) is 0.348. The summed E-state index contributed by atoms with van der Waals surface area (Å²) in [6.07, 6.45) is 0.507. The molecule has 7 nitrogen and oxygen atoms in total. The van der Waals surface area contributed by atoms with Crippen LogP contribution in [0.2, 0.25) is 0 Å². The zero-order valence-electron chi connectivity index (χ0n) is 13.5. The van der Waals surface area contributed by atoms with E-state index in [-0.39, 0.29) is 70.0 Å². The van der Waals surface area contributed by atoms with Crippen LogP contribution in [0, 0.1) is 5.82 Å². The molecule has 2 aromatic carbocycles. The molecule has 0 bridgehead atoms. The third kappa shape index (κ3) is 8.82. The summed E-state index contributed by atoms with van der Waals surface area (Å²) in [5, 5.41) is 0. The molecule has 2 unspecified atom stereocenters. The van der Waals surface area contributed by atoms with Crippen molar-refractivity contribution in [3.05, 3.63) is 59.9 Å². The van der Waals surface area contributed by atoms with Gasteiger partial charge in [0.15, 0.2) is 17.0 Å². The fraction of sp³-hybridized carbons (Fsp3) is 0.250. The molecule has 2 aromatic rings. The summed E-state index contributed by atoms with van der Waals surface area (Å²) in [6.45, 7) is 0. The van der Waals surface area contributed by atoms with Gasteiger partial charge in [0, 0.05) is 0 Å². The van der Waals surface area contributed by atoms with Crippen LogP contribution in [0.4, 0.5) is 4.39 Å². The minimum atomic E-state index is -4.59. The molecule has 0 heterocycles. The SMILES string of the molecule is O=[PH](O)OC(CCCc1cccc(Oc2ccccc2F)c1)S(=O)(=O)O.[KH]. The molecule has 0 amide bonds. The Morgan fingerprint density at radius 3 is 2.48 bits per heavy atom.